The lowest BCUT2D eigenvalue weighted by Crippen LogP contribution is -2.54. The van der Waals surface area contributed by atoms with Gasteiger partial charge in [-0.15, -0.1) is 0 Å². The number of halogens is 1. The number of imide groups is 2. The summed E-state index contributed by atoms with van der Waals surface area (Å²) in [4.78, 5) is 50.3. The van der Waals surface area contributed by atoms with Gasteiger partial charge in [-0.25, -0.2) is 14.5 Å². The number of nitrogens with one attached hydrogen (secondary N) is 1. The van der Waals surface area contributed by atoms with Gasteiger partial charge in [-0.05, 0) is 77.8 Å². The van der Waals surface area contributed by atoms with E-state index in [0.717, 1.165) is 4.90 Å². The number of hydrogen-bond donors (Lipinski definition) is 1. The highest BCUT2D eigenvalue weighted by atomic mass is 79.9. The molecule has 0 bridgehead atoms. The summed E-state index contributed by atoms with van der Waals surface area (Å²) in [6.45, 7) is 4.27. The van der Waals surface area contributed by atoms with Crippen molar-refractivity contribution in [1.82, 2.24) is 5.32 Å². The normalized spacial score (nSPS) is 15.1. The highest BCUT2D eigenvalue weighted by molar-refractivity contribution is 9.10. The van der Waals surface area contributed by atoms with E-state index in [4.69, 9.17) is 9.47 Å². The van der Waals surface area contributed by atoms with Crippen LogP contribution < -0.4 is 15.0 Å². The van der Waals surface area contributed by atoms with E-state index in [1.165, 1.54) is 30.3 Å². The third-order valence-corrected chi connectivity index (χ3v) is 4.92. The number of rotatable bonds is 6. The van der Waals surface area contributed by atoms with Crippen molar-refractivity contribution in [2.24, 2.45) is 0 Å². The first-order chi connectivity index (χ1) is 14.8. The number of amides is 4. The fourth-order valence-corrected chi connectivity index (χ4v) is 3.41. The zero-order valence-corrected chi connectivity index (χ0v) is 18.4. The molecule has 1 aliphatic heterocycles. The maximum Gasteiger partial charge on any atom is 0.338 e. The largest absolute Gasteiger partial charge is 0.493 e. The van der Waals surface area contributed by atoms with Gasteiger partial charge in [0.1, 0.15) is 11.3 Å². The van der Waals surface area contributed by atoms with Gasteiger partial charge >= 0.3 is 12.0 Å². The lowest BCUT2D eigenvalue weighted by Gasteiger charge is -2.26. The quantitative estimate of drug-likeness (QED) is 0.379. The van der Waals surface area contributed by atoms with Crippen LogP contribution in [0.5, 0.6) is 5.75 Å². The Morgan fingerprint density at radius 2 is 1.77 bits per heavy atom. The number of barbiturate groups is 1. The van der Waals surface area contributed by atoms with Crippen LogP contribution in [0.25, 0.3) is 6.08 Å². The number of carbonyl (C=O) groups is 4. The lowest BCUT2D eigenvalue weighted by molar-refractivity contribution is -0.122. The van der Waals surface area contributed by atoms with Crippen molar-refractivity contribution in [3.05, 3.63) is 63.6 Å². The van der Waals surface area contributed by atoms with Gasteiger partial charge in [-0.1, -0.05) is 6.07 Å². The minimum Gasteiger partial charge on any atom is -0.493 e. The molecule has 1 aliphatic rings. The molecule has 0 atom stereocenters. The summed E-state index contributed by atoms with van der Waals surface area (Å²) in [6.07, 6.45) is 1.39. The third kappa shape index (κ3) is 4.83. The molecular formula is C22H19BrN2O6. The summed E-state index contributed by atoms with van der Waals surface area (Å²) in [5.74, 6) is -1.45. The third-order valence-electron chi connectivity index (χ3n) is 4.31. The summed E-state index contributed by atoms with van der Waals surface area (Å²) < 4.78 is 11.0. The van der Waals surface area contributed by atoms with Crippen LogP contribution in [-0.2, 0) is 14.3 Å². The monoisotopic (exact) mass is 486 g/mol. The minimum absolute atomic E-state index is 0.204. The highest BCUT2D eigenvalue weighted by Crippen LogP contribution is 2.28. The Bertz CT molecular complexity index is 1080. The Labute approximate surface area is 186 Å². The Kier molecular flexibility index (Phi) is 6.86. The maximum atomic E-state index is 13.0. The van der Waals surface area contributed by atoms with Gasteiger partial charge in [0.2, 0.25) is 0 Å². The van der Waals surface area contributed by atoms with Crippen molar-refractivity contribution < 1.29 is 28.7 Å². The number of anilines is 1. The number of esters is 1. The fourth-order valence-electron chi connectivity index (χ4n) is 2.90. The van der Waals surface area contributed by atoms with E-state index in [1.54, 1.807) is 25.1 Å². The molecule has 31 heavy (non-hydrogen) atoms. The predicted octanol–water partition coefficient (Wildman–Crippen LogP) is 3.69. The number of carbonyl (C=O) groups excluding carboxylic acids is 4. The van der Waals surface area contributed by atoms with Crippen molar-refractivity contribution in [2.45, 2.75) is 13.8 Å². The summed E-state index contributed by atoms with van der Waals surface area (Å²) in [6, 6.07) is 9.99. The summed E-state index contributed by atoms with van der Waals surface area (Å²) >= 11 is 3.39. The topological polar surface area (TPSA) is 102 Å². The molecule has 1 saturated heterocycles. The molecule has 8 nitrogen and oxygen atoms in total. The molecule has 0 aromatic heterocycles. The number of hydrogen-bond acceptors (Lipinski definition) is 6. The molecule has 2 aromatic carbocycles. The Morgan fingerprint density at radius 1 is 1.06 bits per heavy atom. The molecule has 0 aliphatic carbocycles. The fraction of sp³-hybridized carbons (Fsp3) is 0.182. The molecule has 0 radical (unpaired) electrons. The zero-order chi connectivity index (χ0) is 22.5. The van der Waals surface area contributed by atoms with Crippen LogP contribution >= 0.6 is 15.9 Å². The first-order valence-electron chi connectivity index (χ1n) is 9.46. The van der Waals surface area contributed by atoms with E-state index in [1.807, 2.05) is 6.92 Å². The zero-order valence-electron chi connectivity index (χ0n) is 16.8. The number of nitrogens with zero attached hydrogens (tertiary/aromatic N) is 1. The van der Waals surface area contributed by atoms with Crippen LogP contribution in [0, 0.1) is 0 Å². The van der Waals surface area contributed by atoms with E-state index in [0.29, 0.717) is 22.4 Å². The molecule has 1 fully saturated rings. The van der Waals surface area contributed by atoms with E-state index in [-0.39, 0.29) is 23.4 Å². The standard InChI is InChI=1S/C22H19BrN2O6/c1-3-30-18-10-5-13(12-17(18)23)11-16-19(26)24-22(29)25(20(16)27)15-8-6-14(7-9-15)21(28)31-4-2/h5-12H,3-4H2,1-2H3,(H,24,26,29)/b16-11+. The molecule has 160 valence electrons. The Balaban J connectivity index is 1.91. The summed E-state index contributed by atoms with van der Waals surface area (Å²) in [5, 5.41) is 2.16. The van der Waals surface area contributed by atoms with E-state index >= 15 is 0 Å². The van der Waals surface area contributed by atoms with E-state index in [9.17, 15) is 19.2 Å². The Morgan fingerprint density at radius 3 is 2.39 bits per heavy atom. The molecule has 1 N–H and O–H groups in total. The second kappa shape index (κ2) is 9.57. The van der Waals surface area contributed by atoms with Crippen LogP contribution in [0.15, 0.2) is 52.5 Å². The van der Waals surface area contributed by atoms with Crippen LogP contribution in [0.2, 0.25) is 0 Å². The smallest absolute Gasteiger partial charge is 0.338 e. The van der Waals surface area contributed by atoms with Crippen LogP contribution in [0.3, 0.4) is 0 Å². The maximum absolute atomic E-state index is 13.0. The van der Waals surface area contributed by atoms with Gasteiger partial charge in [0.25, 0.3) is 11.8 Å². The summed E-state index contributed by atoms with van der Waals surface area (Å²) in [7, 11) is 0. The molecule has 4 amide bonds. The molecule has 0 unspecified atom stereocenters. The van der Waals surface area contributed by atoms with Gasteiger partial charge in [-0.2, -0.15) is 0 Å². The van der Waals surface area contributed by atoms with Crippen LogP contribution in [0.1, 0.15) is 29.8 Å². The second-order valence-electron chi connectivity index (χ2n) is 6.35. The first kappa shape index (κ1) is 22.2. The van der Waals surface area contributed by atoms with Gasteiger partial charge in [0.05, 0.1) is 28.9 Å². The SMILES string of the molecule is CCOC(=O)c1ccc(N2C(=O)NC(=O)/C(=C\c3ccc(OCC)c(Br)c3)C2=O)cc1. The van der Waals surface area contributed by atoms with Gasteiger partial charge < -0.3 is 9.47 Å². The molecule has 0 saturated carbocycles. The van der Waals surface area contributed by atoms with Crippen molar-refractivity contribution in [1.29, 1.82) is 0 Å². The highest BCUT2D eigenvalue weighted by Gasteiger charge is 2.36. The van der Waals surface area contributed by atoms with Crippen LogP contribution in [0.4, 0.5) is 10.5 Å². The van der Waals surface area contributed by atoms with Crippen LogP contribution in [-0.4, -0.2) is 37.0 Å². The van der Waals surface area contributed by atoms with E-state index < -0.39 is 23.8 Å². The van der Waals surface area contributed by atoms with Crippen molar-refractivity contribution in [3.63, 3.8) is 0 Å². The Hall–Kier alpha value is -3.46. The first-order valence-corrected chi connectivity index (χ1v) is 10.3. The molecular weight excluding hydrogens is 468 g/mol. The number of urea groups is 1. The second-order valence-corrected chi connectivity index (χ2v) is 7.20. The average Bonchev–Trinajstić information content (AvgIpc) is 2.73. The van der Waals surface area contributed by atoms with Gasteiger partial charge in [0.15, 0.2) is 0 Å². The molecule has 3 rings (SSSR count). The lowest BCUT2D eigenvalue weighted by atomic mass is 10.1. The number of ether oxygens (including phenoxy) is 2. The number of benzene rings is 2. The molecule has 9 heteroatoms. The van der Waals surface area contributed by atoms with Gasteiger partial charge in [-0.3, -0.25) is 14.9 Å². The molecule has 1 heterocycles. The average molecular weight is 487 g/mol. The van der Waals surface area contributed by atoms with E-state index in [2.05, 4.69) is 21.2 Å². The molecule has 2 aromatic rings. The molecule has 0 spiro atoms. The van der Waals surface area contributed by atoms with Crippen molar-refractivity contribution in [2.75, 3.05) is 18.1 Å². The minimum atomic E-state index is -0.871. The summed E-state index contributed by atoms with van der Waals surface area (Å²) in [5.41, 5.74) is 0.856. The van der Waals surface area contributed by atoms with Crippen molar-refractivity contribution in [3.8, 4) is 5.75 Å². The van der Waals surface area contributed by atoms with Crippen molar-refractivity contribution >= 4 is 51.5 Å². The van der Waals surface area contributed by atoms with Gasteiger partial charge in [0, 0.05) is 0 Å². The predicted molar refractivity (Wildman–Crippen MR) is 117 cm³/mol.